The van der Waals surface area contributed by atoms with Crippen LogP contribution in [0.4, 0.5) is 0 Å². The lowest BCUT2D eigenvalue weighted by Crippen LogP contribution is -2.59. The highest BCUT2D eigenvalue weighted by molar-refractivity contribution is 5.85. The topological polar surface area (TPSA) is 24.5 Å². The maximum Gasteiger partial charge on any atom is 0.0594 e. The lowest BCUT2D eigenvalue weighted by atomic mass is 10.1. The van der Waals surface area contributed by atoms with Crippen LogP contribution in [0.25, 0.3) is 0 Å². The van der Waals surface area contributed by atoms with E-state index in [9.17, 15) is 0 Å². The van der Waals surface area contributed by atoms with Gasteiger partial charge in [-0.15, -0.1) is 12.4 Å². The predicted molar refractivity (Wildman–Crippen MR) is 46.3 cm³/mol. The molecule has 0 bridgehead atoms. The fourth-order valence-electron chi connectivity index (χ4n) is 1.47. The highest BCUT2D eigenvalue weighted by Crippen LogP contribution is 2.06. The number of halogens is 1. The fourth-order valence-corrected chi connectivity index (χ4v) is 1.47. The summed E-state index contributed by atoms with van der Waals surface area (Å²) in [5, 5.41) is 3.28. The first-order chi connectivity index (χ1) is 4.97. The van der Waals surface area contributed by atoms with Crippen molar-refractivity contribution in [2.45, 2.75) is 6.04 Å². The molecule has 0 spiro atoms. The number of hydrogen-bond donors (Lipinski definition) is 1. The summed E-state index contributed by atoms with van der Waals surface area (Å²) >= 11 is 0. The van der Waals surface area contributed by atoms with Crippen LogP contribution >= 0.6 is 12.4 Å². The summed E-state index contributed by atoms with van der Waals surface area (Å²) in [5.74, 6) is 0. The first-order valence-electron chi connectivity index (χ1n) is 3.99. The Morgan fingerprint density at radius 1 is 1.18 bits per heavy atom. The van der Waals surface area contributed by atoms with Gasteiger partial charge in [0.1, 0.15) is 0 Å². The van der Waals surface area contributed by atoms with Crippen molar-refractivity contribution < 1.29 is 4.74 Å². The molecular formula is C7H15ClN2O. The molecule has 0 aliphatic carbocycles. The molecule has 0 saturated carbocycles. The lowest BCUT2D eigenvalue weighted by Gasteiger charge is -2.40. The van der Waals surface area contributed by atoms with Gasteiger partial charge in [0.15, 0.2) is 0 Å². The molecule has 2 fully saturated rings. The van der Waals surface area contributed by atoms with E-state index in [1.165, 1.54) is 13.1 Å². The van der Waals surface area contributed by atoms with Gasteiger partial charge in [0, 0.05) is 32.2 Å². The molecule has 0 amide bonds. The molecule has 0 atom stereocenters. The number of nitrogens with zero attached hydrogens (tertiary/aromatic N) is 1. The minimum atomic E-state index is 0. The Balaban J connectivity index is 0.000000605. The molecule has 66 valence electrons. The molecule has 3 nitrogen and oxygen atoms in total. The zero-order chi connectivity index (χ0) is 6.81. The van der Waals surface area contributed by atoms with E-state index in [-0.39, 0.29) is 12.4 Å². The standard InChI is InChI=1S/C7H14N2O.ClH/c1-3-10-4-2-9(1)7-5-8-6-7;/h7-8H,1-6H2;1H. The number of ether oxygens (including phenoxy) is 1. The van der Waals surface area contributed by atoms with Crippen LogP contribution < -0.4 is 5.32 Å². The maximum atomic E-state index is 5.26. The summed E-state index contributed by atoms with van der Waals surface area (Å²) in [7, 11) is 0. The number of hydrogen-bond acceptors (Lipinski definition) is 3. The predicted octanol–water partition coefficient (Wildman–Crippen LogP) is -0.288. The second-order valence-electron chi connectivity index (χ2n) is 2.96. The van der Waals surface area contributed by atoms with Crippen LogP contribution in [0.2, 0.25) is 0 Å². The summed E-state index contributed by atoms with van der Waals surface area (Å²) in [6.07, 6.45) is 0. The average molecular weight is 179 g/mol. The molecule has 4 heteroatoms. The van der Waals surface area contributed by atoms with Crippen molar-refractivity contribution >= 4 is 12.4 Å². The quantitative estimate of drug-likeness (QED) is 0.598. The molecule has 0 unspecified atom stereocenters. The van der Waals surface area contributed by atoms with E-state index in [0.717, 1.165) is 32.3 Å². The van der Waals surface area contributed by atoms with Gasteiger partial charge < -0.3 is 10.1 Å². The van der Waals surface area contributed by atoms with Crippen LogP contribution in [0, 0.1) is 0 Å². The molecule has 1 N–H and O–H groups in total. The Kier molecular flexibility index (Phi) is 3.59. The molecule has 0 radical (unpaired) electrons. The molecule has 2 aliphatic heterocycles. The normalized spacial score (nSPS) is 27.3. The van der Waals surface area contributed by atoms with Crippen LogP contribution in [0.1, 0.15) is 0 Å². The third kappa shape index (κ3) is 2.06. The van der Waals surface area contributed by atoms with Crippen LogP contribution in [0.5, 0.6) is 0 Å². The minimum Gasteiger partial charge on any atom is -0.379 e. The maximum absolute atomic E-state index is 5.26. The zero-order valence-corrected chi connectivity index (χ0v) is 7.40. The summed E-state index contributed by atoms with van der Waals surface area (Å²) in [5.41, 5.74) is 0. The van der Waals surface area contributed by atoms with Crippen molar-refractivity contribution in [1.82, 2.24) is 10.2 Å². The van der Waals surface area contributed by atoms with Crippen LogP contribution in [-0.4, -0.2) is 50.3 Å². The van der Waals surface area contributed by atoms with Gasteiger partial charge in [0.2, 0.25) is 0 Å². The molecule has 2 rings (SSSR count). The largest absolute Gasteiger partial charge is 0.379 e. The highest BCUT2D eigenvalue weighted by Gasteiger charge is 2.25. The van der Waals surface area contributed by atoms with Gasteiger partial charge in [-0.1, -0.05) is 0 Å². The van der Waals surface area contributed by atoms with Gasteiger partial charge in [0.25, 0.3) is 0 Å². The first-order valence-corrected chi connectivity index (χ1v) is 3.99. The highest BCUT2D eigenvalue weighted by atomic mass is 35.5. The van der Waals surface area contributed by atoms with Gasteiger partial charge in [0.05, 0.1) is 13.2 Å². The van der Waals surface area contributed by atoms with Gasteiger partial charge >= 0.3 is 0 Å². The van der Waals surface area contributed by atoms with E-state index >= 15 is 0 Å². The third-order valence-electron chi connectivity index (χ3n) is 2.32. The second kappa shape index (κ2) is 4.26. The number of morpholine rings is 1. The summed E-state index contributed by atoms with van der Waals surface area (Å²) in [6.45, 7) is 6.48. The Hall–Kier alpha value is 0.170. The Labute approximate surface area is 73.5 Å². The summed E-state index contributed by atoms with van der Waals surface area (Å²) in [6, 6.07) is 0.809. The molecule has 2 saturated heterocycles. The van der Waals surface area contributed by atoms with E-state index in [0.29, 0.717) is 0 Å². The van der Waals surface area contributed by atoms with E-state index < -0.39 is 0 Å². The van der Waals surface area contributed by atoms with Crippen molar-refractivity contribution in [3.05, 3.63) is 0 Å². The molecule has 0 aromatic carbocycles. The first kappa shape index (κ1) is 9.26. The number of nitrogens with one attached hydrogen (secondary N) is 1. The van der Waals surface area contributed by atoms with Gasteiger partial charge in [-0.25, -0.2) is 0 Å². The minimum absolute atomic E-state index is 0. The van der Waals surface area contributed by atoms with Crippen LogP contribution in [0.15, 0.2) is 0 Å². The van der Waals surface area contributed by atoms with E-state index in [1.54, 1.807) is 0 Å². The van der Waals surface area contributed by atoms with E-state index in [2.05, 4.69) is 10.2 Å². The van der Waals surface area contributed by atoms with Gasteiger partial charge in [-0.05, 0) is 0 Å². The van der Waals surface area contributed by atoms with Crippen LogP contribution in [0.3, 0.4) is 0 Å². The monoisotopic (exact) mass is 178 g/mol. The second-order valence-corrected chi connectivity index (χ2v) is 2.96. The SMILES string of the molecule is C1CN(C2CNC2)CCO1.Cl. The van der Waals surface area contributed by atoms with Crippen molar-refractivity contribution in [2.75, 3.05) is 39.4 Å². The van der Waals surface area contributed by atoms with Crippen LogP contribution in [-0.2, 0) is 4.74 Å². The van der Waals surface area contributed by atoms with Gasteiger partial charge in [-0.3, -0.25) is 4.90 Å². The Morgan fingerprint density at radius 3 is 2.27 bits per heavy atom. The fraction of sp³-hybridized carbons (Fsp3) is 1.00. The smallest absolute Gasteiger partial charge is 0.0594 e. The zero-order valence-electron chi connectivity index (χ0n) is 6.58. The Morgan fingerprint density at radius 2 is 1.82 bits per heavy atom. The lowest BCUT2D eigenvalue weighted by molar-refractivity contribution is 0.00509. The molecular weight excluding hydrogens is 164 g/mol. The molecule has 2 heterocycles. The van der Waals surface area contributed by atoms with Crippen molar-refractivity contribution in [3.8, 4) is 0 Å². The number of rotatable bonds is 1. The Bertz CT molecular complexity index is 113. The average Bonchev–Trinajstić information content (AvgIpc) is 1.86. The van der Waals surface area contributed by atoms with Crippen molar-refractivity contribution in [2.24, 2.45) is 0 Å². The molecule has 11 heavy (non-hydrogen) atoms. The van der Waals surface area contributed by atoms with E-state index in [1.807, 2.05) is 0 Å². The third-order valence-corrected chi connectivity index (χ3v) is 2.32. The molecule has 0 aromatic heterocycles. The summed E-state index contributed by atoms with van der Waals surface area (Å²) < 4.78 is 5.26. The molecule has 0 aromatic rings. The van der Waals surface area contributed by atoms with Crippen molar-refractivity contribution in [1.29, 1.82) is 0 Å². The summed E-state index contributed by atoms with van der Waals surface area (Å²) in [4.78, 5) is 2.51. The van der Waals surface area contributed by atoms with Crippen molar-refractivity contribution in [3.63, 3.8) is 0 Å². The van der Waals surface area contributed by atoms with E-state index in [4.69, 9.17) is 4.74 Å². The molecule has 2 aliphatic rings. The van der Waals surface area contributed by atoms with Gasteiger partial charge in [-0.2, -0.15) is 0 Å².